The molecule has 31 heavy (non-hydrogen) atoms. The molecule has 0 aliphatic carbocycles. The van der Waals surface area contributed by atoms with Gasteiger partial charge in [0.15, 0.2) is 5.54 Å². The summed E-state index contributed by atoms with van der Waals surface area (Å²) in [6.45, 7) is 3.93. The third-order valence-electron chi connectivity index (χ3n) is 5.62. The van der Waals surface area contributed by atoms with Crippen LogP contribution in [0, 0.1) is 13.8 Å². The summed E-state index contributed by atoms with van der Waals surface area (Å²) < 4.78 is 0.912. The Morgan fingerprint density at radius 3 is 2.23 bits per heavy atom. The minimum atomic E-state index is -1.10. The van der Waals surface area contributed by atoms with Crippen LogP contribution < -0.4 is 10.2 Å². The largest absolute Gasteiger partial charge is 0.323 e. The fourth-order valence-corrected chi connectivity index (χ4v) is 4.17. The number of carbonyl (C=O) groups is 2. The van der Waals surface area contributed by atoms with E-state index in [1.807, 2.05) is 98.8 Å². The number of anilines is 2. The third-order valence-corrected chi connectivity index (χ3v) is 6.15. The highest BCUT2D eigenvalue weighted by molar-refractivity contribution is 9.10. The van der Waals surface area contributed by atoms with Gasteiger partial charge in [0.2, 0.25) is 5.91 Å². The standard InChI is InChI=1S/C26H23BrN2O2/c1-18-7-6-8-19(2)24(18)28-25(31)26(16-15-20-9-4-3-5-10-20)17-23(30)29(26)22-13-11-21(27)12-14-22/h3-16H,17H2,1-2H3,(H,28,31)/b16-15-/t26-/m1/s1. The van der Waals surface area contributed by atoms with Gasteiger partial charge >= 0.3 is 0 Å². The van der Waals surface area contributed by atoms with E-state index in [0.717, 1.165) is 26.9 Å². The molecule has 0 radical (unpaired) electrons. The first-order valence-electron chi connectivity index (χ1n) is 10.1. The van der Waals surface area contributed by atoms with Crippen molar-refractivity contribution in [1.82, 2.24) is 0 Å². The Bertz CT molecular complexity index is 1140. The van der Waals surface area contributed by atoms with Crippen molar-refractivity contribution in [1.29, 1.82) is 0 Å². The van der Waals surface area contributed by atoms with Crippen molar-refractivity contribution in [3.63, 3.8) is 0 Å². The first-order valence-corrected chi connectivity index (χ1v) is 10.9. The second-order valence-corrected chi connectivity index (χ2v) is 8.69. The Kier molecular flexibility index (Phi) is 5.79. The lowest BCUT2D eigenvalue weighted by molar-refractivity contribution is -0.134. The summed E-state index contributed by atoms with van der Waals surface area (Å²) in [5.41, 5.74) is 3.31. The highest BCUT2D eigenvalue weighted by Crippen LogP contribution is 2.40. The normalized spacial score (nSPS) is 18.2. The molecule has 5 heteroatoms. The van der Waals surface area contributed by atoms with Crippen LogP contribution in [0.25, 0.3) is 6.08 Å². The predicted octanol–water partition coefficient (Wildman–Crippen LogP) is 5.89. The molecule has 1 aliphatic heterocycles. The van der Waals surface area contributed by atoms with Crippen LogP contribution in [0.3, 0.4) is 0 Å². The lowest BCUT2D eigenvalue weighted by atomic mass is 9.81. The number of halogens is 1. The van der Waals surface area contributed by atoms with E-state index in [9.17, 15) is 9.59 Å². The third kappa shape index (κ3) is 4.06. The quantitative estimate of drug-likeness (QED) is 0.468. The Balaban J connectivity index is 1.75. The number of para-hydroxylation sites is 1. The number of carbonyl (C=O) groups excluding carboxylic acids is 2. The van der Waals surface area contributed by atoms with Crippen LogP contribution >= 0.6 is 15.9 Å². The smallest absolute Gasteiger partial charge is 0.255 e. The average Bonchev–Trinajstić information content (AvgIpc) is 2.75. The molecule has 1 aliphatic rings. The van der Waals surface area contributed by atoms with Gasteiger partial charge in [0.05, 0.1) is 6.42 Å². The highest BCUT2D eigenvalue weighted by atomic mass is 79.9. The van der Waals surface area contributed by atoms with Gasteiger partial charge in [0.1, 0.15) is 0 Å². The maximum Gasteiger partial charge on any atom is 0.255 e. The molecule has 4 rings (SSSR count). The molecule has 3 aromatic rings. The summed E-state index contributed by atoms with van der Waals surface area (Å²) >= 11 is 3.43. The summed E-state index contributed by atoms with van der Waals surface area (Å²) in [7, 11) is 0. The van der Waals surface area contributed by atoms with E-state index in [0.29, 0.717) is 5.69 Å². The van der Waals surface area contributed by atoms with Gasteiger partial charge in [0, 0.05) is 15.8 Å². The molecule has 1 fully saturated rings. The summed E-state index contributed by atoms with van der Waals surface area (Å²) in [4.78, 5) is 28.0. The van der Waals surface area contributed by atoms with Gasteiger partial charge in [-0.25, -0.2) is 0 Å². The maximum absolute atomic E-state index is 13.7. The number of nitrogens with one attached hydrogen (secondary N) is 1. The van der Waals surface area contributed by atoms with E-state index < -0.39 is 5.54 Å². The first kappa shape index (κ1) is 21.1. The van der Waals surface area contributed by atoms with Crippen molar-refractivity contribution in [2.24, 2.45) is 0 Å². The lowest BCUT2D eigenvalue weighted by Crippen LogP contribution is -2.68. The molecule has 0 aromatic heterocycles. The summed E-state index contributed by atoms with van der Waals surface area (Å²) in [6.07, 6.45) is 3.86. The molecular formula is C26H23BrN2O2. The van der Waals surface area contributed by atoms with Crippen molar-refractivity contribution in [3.05, 3.63) is 100 Å². The van der Waals surface area contributed by atoms with Gasteiger partial charge in [-0.3, -0.25) is 14.5 Å². The molecule has 2 amide bonds. The molecule has 1 atom stereocenters. The van der Waals surface area contributed by atoms with Crippen LogP contribution in [0.4, 0.5) is 11.4 Å². The van der Waals surface area contributed by atoms with E-state index in [1.165, 1.54) is 0 Å². The zero-order valence-electron chi connectivity index (χ0n) is 17.4. The van der Waals surface area contributed by atoms with E-state index >= 15 is 0 Å². The van der Waals surface area contributed by atoms with E-state index in [4.69, 9.17) is 0 Å². The van der Waals surface area contributed by atoms with Gasteiger partial charge in [-0.15, -0.1) is 0 Å². The van der Waals surface area contributed by atoms with Crippen LogP contribution in [0.2, 0.25) is 0 Å². The predicted molar refractivity (Wildman–Crippen MR) is 129 cm³/mol. The van der Waals surface area contributed by atoms with Crippen molar-refractivity contribution in [3.8, 4) is 0 Å². The molecule has 0 unspecified atom stereocenters. The second-order valence-electron chi connectivity index (χ2n) is 7.77. The zero-order chi connectivity index (χ0) is 22.0. The van der Waals surface area contributed by atoms with Crippen molar-refractivity contribution in [2.75, 3.05) is 10.2 Å². The maximum atomic E-state index is 13.7. The van der Waals surface area contributed by atoms with E-state index in [2.05, 4.69) is 21.2 Å². The van der Waals surface area contributed by atoms with E-state index in [-0.39, 0.29) is 18.2 Å². The zero-order valence-corrected chi connectivity index (χ0v) is 19.0. The topological polar surface area (TPSA) is 49.4 Å². The van der Waals surface area contributed by atoms with Crippen LogP contribution in [0.1, 0.15) is 23.1 Å². The Labute approximate surface area is 190 Å². The lowest BCUT2D eigenvalue weighted by Gasteiger charge is -2.49. The number of hydrogen-bond acceptors (Lipinski definition) is 2. The molecule has 0 spiro atoms. The van der Waals surface area contributed by atoms with Crippen molar-refractivity contribution in [2.45, 2.75) is 25.8 Å². The van der Waals surface area contributed by atoms with Crippen LogP contribution in [0.5, 0.6) is 0 Å². The van der Waals surface area contributed by atoms with Crippen LogP contribution in [-0.4, -0.2) is 17.4 Å². The van der Waals surface area contributed by atoms with E-state index in [1.54, 1.807) is 4.90 Å². The summed E-state index contributed by atoms with van der Waals surface area (Å²) in [5, 5.41) is 3.10. The van der Waals surface area contributed by atoms with Gasteiger partial charge in [-0.2, -0.15) is 0 Å². The fourth-order valence-electron chi connectivity index (χ4n) is 3.91. The van der Waals surface area contributed by atoms with Crippen molar-refractivity contribution < 1.29 is 9.59 Å². The minimum Gasteiger partial charge on any atom is -0.323 e. The van der Waals surface area contributed by atoms with Gasteiger partial charge in [0.25, 0.3) is 5.91 Å². The first-order chi connectivity index (χ1) is 14.9. The number of amides is 2. The number of hydrogen-bond donors (Lipinski definition) is 1. The Morgan fingerprint density at radius 2 is 1.61 bits per heavy atom. The Hall–Kier alpha value is -3.18. The molecule has 0 bridgehead atoms. The monoisotopic (exact) mass is 474 g/mol. The van der Waals surface area contributed by atoms with Crippen molar-refractivity contribution >= 4 is 45.2 Å². The number of β-lactam (4-membered cyclic amide) rings is 1. The fraction of sp³-hybridized carbons (Fsp3) is 0.154. The molecule has 1 saturated heterocycles. The van der Waals surface area contributed by atoms with Crippen LogP contribution in [-0.2, 0) is 9.59 Å². The Morgan fingerprint density at radius 1 is 0.968 bits per heavy atom. The highest BCUT2D eigenvalue weighted by Gasteiger charge is 2.55. The van der Waals surface area contributed by atoms with Crippen LogP contribution in [0.15, 0.2) is 83.3 Å². The summed E-state index contributed by atoms with van der Waals surface area (Å²) in [6, 6.07) is 23.1. The average molecular weight is 475 g/mol. The molecule has 1 N–H and O–H groups in total. The number of rotatable bonds is 5. The van der Waals surface area contributed by atoms with Gasteiger partial charge < -0.3 is 5.32 Å². The van der Waals surface area contributed by atoms with Gasteiger partial charge in [-0.05, 0) is 60.9 Å². The molecule has 0 saturated carbocycles. The minimum absolute atomic E-state index is 0.0864. The van der Waals surface area contributed by atoms with Gasteiger partial charge in [-0.1, -0.05) is 70.5 Å². The second kappa shape index (κ2) is 8.52. The SMILES string of the molecule is Cc1cccc(C)c1NC(=O)[C@@]1(/C=C\c2ccccc2)CC(=O)N1c1ccc(Br)cc1. The molecule has 3 aromatic carbocycles. The number of benzene rings is 3. The molecular weight excluding hydrogens is 452 g/mol. The number of nitrogens with zero attached hydrogens (tertiary/aromatic N) is 1. The number of aryl methyl sites for hydroxylation is 2. The molecule has 1 heterocycles. The molecule has 4 nitrogen and oxygen atoms in total. The summed E-state index contributed by atoms with van der Waals surface area (Å²) in [5.74, 6) is -0.309. The molecule has 156 valence electrons.